The predicted molar refractivity (Wildman–Crippen MR) is 94.8 cm³/mol. The molecule has 2 heterocycles. The van der Waals surface area contributed by atoms with Crippen molar-refractivity contribution in [1.29, 1.82) is 0 Å². The van der Waals surface area contributed by atoms with Gasteiger partial charge < -0.3 is 10.2 Å². The van der Waals surface area contributed by atoms with E-state index in [4.69, 9.17) is 11.6 Å². The van der Waals surface area contributed by atoms with Crippen LogP contribution in [0.4, 0.5) is 11.5 Å². The monoisotopic (exact) mass is 327 g/mol. The van der Waals surface area contributed by atoms with Crippen molar-refractivity contribution in [2.45, 2.75) is 12.8 Å². The Morgan fingerprint density at radius 2 is 1.91 bits per heavy atom. The molecule has 2 aromatic rings. The first-order valence-electron chi connectivity index (χ1n) is 7.67. The zero-order chi connectivity index (χ0) is 16.1. The van der Waals surface area contributed by atoms with Crippen molar-refractivity contribution >= 4 is 35.1 Å². The van der Waals surface area contributed by atoms with E-state index in [9.17, 15) is 4.79 Å². The van der Waals surface area contributed by atoms with Crippen molar-refractivity contribution < 1.29 is 4.79 Å². The molecular weight excluding hydrogens is 310 g/mol. The van der Waals surface area contributed by atoms with Crippen LogP contribution in [0.5, 0.6) is 0 Å². The van der Waals surface area contributed by atoms with Crippen molar-refractivity contribution in [2.24, 2.45) is 0 Å². The van der Waals surface area contributed by atoms with Gasteiger partial charge >= 0.3 is 0 Å². The summed E-state index contributed by atoms with van der Waals surface area (Å²) in [7, 11) is 0. The summed E-state index contributed by atoms with van der Waals surface area (Å²) in [5.74, 6) is 0.673. The molecule has 0 radical (unpaired) electrons. The Morgan fingerprint density at radius 1 is 1.17 bits per heavy atom. The van der Waals surface area contributed by atoms with E-state index in [1.807, 2.05) is 24.3 Å². The minimum absolute atomic E-state index is 0.173. The fourth-order valence-electron chi connectivity index (χ4n) is 2.60. The fraction of sp³-hybridized carbons (Fsp3) is 0.222. The number of amides is 1. The third-order valence-corrected chi connectivity index (χ3v) is 4.00. The van der Waals surface area contributed by atoms with Crippen LogP contribution in [0, 0.1) is 0 Å². The molecule has 4 nitrogen and oxygen atoms in total. The topological polar surface area (TPSA) is 45.2 Å². The van der Waals surface area contributed by atoms with Gasteiger partial charge in [-0.05, 0) is 48.7 Å². The average Bonchev–Trinajstić information content (AvgIpc) is 3.09. The van der Waals surface area contributed by atoms with Gasteiger partial charge in [-0.25, -0.2) is 4.98 Å². The van der Waals surface area contributed by atoms with Crippen LogP contribution in [-0.2, 0) is 4.79 Å². The second-order valence-electron chi connectivity index (χ2n) is 5.44. The number of pyridine rings is 1. The zero-order valence-electron chi connectivity index (χ0n) is 12.7. The lowest BCUT2D eigenvalue weighted by Gasteiger charge is -2.19. The molecule has 0 spiro atoms. The molecule has 1 aromatic carbocycles. The number of benzene rings is 1. The third kappa shape index (κ3) is 4.11. The van der Waals surface area contributed by atoms with Gasteiger partial charge in [0.1, 0.15) is 0 Å². The molecule has 1 N–H and O–H groups in total. The van der Waals surface area contributed by atoms with Gasteiger partial charge in [-0.3, -0.25) is 4.79 Å². The molecule has 1 amide bonds. The molecule has 0 saturated carbocycles. The highest BCUT2D eigenvalue weighted by atomic mass is 35.5. The third-order valence-electron chi connectivity index (χ3n) is 3.75. The second-order valence-corrected chi connectivity index (χ2v) is 5.88. The van der Waals surface area contributed by atoms with E-state index in [2.05, 4.69) is 15.2 Å². The molecule has 23 heavy (non-hydrogen) atoms. The fourth-order valence-corrected chi connectivity index (χ4v) is 2.72. The maximum absolute atomic E-state index is 12.1. The van der Waals surface area contributed by atoms with E-state index in [0.29, 0.717) is 5.02 Å². The van der Waals surface area contributed by atoms with Gasteiger partial charge in [0.15, 0.2) is 5.82 Å². The molecule has 5 heteroatoms. The van der Waals surface area contributed by atoms with Gasteiger partial charge in [0.2, 0.25) is 5.91 Å². The largest absolute Gasteiger partial charge is 0.355 e. The van der Waals surface area contributed by atoms with Crippen LogP contribution in [0.25, 0.3) is 6.08 Å². The van der Waals surface area contributed by atoms with E-state index < -0.39 is 0 Å². The standard InChI is InChI=1S/C18H18ClN3O/c19-15-8-5-14(6-9-15)7-10-17(23)21-16-4-3-11-20-18(16)22-12-1-2-13-22/h3-11H,1-2,12-13H2,(H,21,23)/b10-7+. The van der Waals surface area contributed by atoms with Crippen LogP contribution >= 0.6 is 11.6 Å². The number of anilines is 2. The van der Waals surface area contributed by atoms with Gasteiger partial charge in [-0.1, -0.05) is 23.7 Å². The second kappa shape index (κ2) is 7.29. The van der Waals surface area contributed by atoms with E-state index in [1.54, 1.807) is 24.4 Å². The Balaban J connectivity index is 1.69. The van der Waals surface area contributed by atoms with Gasteiger partial charge in [-0.2, -0.15) is 0 Å². The van der Waals surface area contributed by atoms with Crippen molar-refractivity contribution in [2.75, 3.05) is 23.3 Å². The number of hydrogen-bond acceptors (Lipinski definition) is 3. The van der Waals surface area contributed by atoms with Crippen LogP contribution < -0.4 is 10.2 Å². The molecule has 118 valence electrons. The van der Waals surface area contributed by atoms with Crippen LogP contribution in [-0.4, -0.2) is 24.0 Å². The summed E-state index contributed by atoms with van der Waals surface area (Å²) in [5.41, 5.74) is 1.68. The molecule has 1 aromatic heterocycles. The van der Waals surface area contributed by atoms with Crippen LogP contribution in [0.15, 0.2) is 48.7 Å². The predicted octanol–water partition coefficient (Wildman–Crippen LogP) is 3.99. The summed E-state index contributed by atoms with van der Waals surface area (Å²) < 4.78 is 0. The summed E-state index contributed by atoms with van der Waals surface area (Å²) >= 11 is 5.85. The number of nitrogens with one attached hydrogen (secondary N) is 1. The first-order chi connectivity index (χ1) is 11.2. The number of carbonyl (C=O) groups is 1. The van der Waals surface area contributed by atoms with Crippen LogP contribution in [0.3, 0.4) is 0 Å². The molecule has 0 aliphatic carbocycles. The maximum atomic E-state index is 12.1. The molecule has 0 atom stereocenters. The highest BCUT2D eigenvalue weighted by Gasteiger charge is 2.17. The molecule has 1 fully saturated rings. The first-order valence-corrected chi connectivity index (χ1v) is 8.05. The summed E-state index contributed by atoms with van der Waals surface area (Å²) in [6, 6.07) is 11.0. The molecule has 3 rings (SSSR count). The normalized spacial score (nSPS) is 14.4. The number of nitrogens with zero attached hydrogens (tertiary/aromatic N) is 2. The van der Waals surface area contributed by atoms with Crippen molar-refractivity contribution in [3.8, 4) is 0 Å². The summed E-state index contributed by atoms with van der Waals surface area (Å²) in [6.07, 6.45) is 7.37. The van der Waals surface area contributed by atoms with E-state index in [1.165, 1.54) is 18.9 Å². The molecule has 1 aliphatic rings. The Bertz CT molecular complexity index is 706. The average molecular weight is 328 g/mol. The minimum Gasteiger partial charge on any atom is -0.355 e. The minimum atomic E-state index is -0.173. The first kappa shape index (κ1) is 15.6. The van der Waals surface area contributed by atoms with Gasteiger partial charge in [0.05, 0.1) is 5.69 Å². The maximum Gasteiger partial charge on any atom is 0.248 e. The van der Waals surface area contributed by atoms with Gasteiger partial charge in [0.25, 0.3) is 0 Å². The van der Waals surface area contributed by atoms with E-state index >= 15 is 0 Å². The molecule has 1 saturated heterocycles. The Labute approximate surface area is 140 Å². The Hall–Kier alpha value is -2.33. The number of carbonyl (C=O) groups excluding carboxylic acids is 1. The highest BCUT2D eigenvalue weighted by Crippen LogP contribution is 2.26. The smallest absolute Gasteiger partial charge is 0.248 e. The van der Waals surface area contributed by atoms with Gasteiger partial charge in [-0.15, -0.1) is 0 Å². The van der Waals surface area contributed by atoms with Crippen molar-refractivity contribution in [3.05, 3.63) is 59.3 Å². The lowest BCUT2D eigenvalue weighted by molar-refractivity contribution is -0.111. The van der Waals surface area contributed by atoms with E-state index in [-0.39, 0.29) is 5.91 Å². The highest BCUT2D eigenvalue weighted by molar-refractivity contribution is 6.30. The van der Waals surface area contributed by atoms with Crippen LogP contribution in [0.1, 0.15) is 18.4 Å². The number of hydrogen-bond donors (Lipinski definition) is 1. The van der Waals surface area contributed by atoms with Gasteiger partial charge in [0, 0.05) is 30.4 Å². The lowest BCUT2D eigenvalue weighted by atomic mass is 10.2. The number of aromatic nitrogens is 1. The van der Waals surface area contributed by atoms with Crippen molar-refractivity contribution in [3.63, 3.8) is 0 Å². The number of rotatable bonds is 4. The molecule has 0 unspecified atom stereocenters. The van der Waals surface area contributed by atoms with E-state index in [0.717, 1.165) is 30.2 Å². The lowest BCUT2D eigenvalue weighted by Crippen LogP contribution is -2.21. The number of halogens is 1. The molecule has 1 aliphatic heterocycles. The molecular formula is C18H18ClN3O. The van der Waals surface area contributed by atoms with Crippen LogP contribution in [0.2, 0.25) is 5.02 Å². The van der Waals surface area contributed by atoms with Crippen molar-refractivity contribution in [1.82, 2.24) is 4.98 Å². The quantitative estimate of drug-likeness (QED) is 0.864. The zero-order valence-corrected chi connectivity index (χ0v) is 13.5. The Morgan fingerprint density at radius 3 is 2.65 bits per heavy atom. The summed E-state index contributed by atoms with van der Waals surface area (Å²) in [5, 5.41) is 3.59. The Kier molecular flexibility index (Phi) is 4.93. The summed E-state index contributed by atoms with van der Waals surface area (Å²) in [6.45, 7) is 1.97. The SMILES string of the molecule is O=C(/C=C/c1ccc(Cl)cc1)Nc1cccnc1N1CCCC1. The summed E-state index contributed by atoms with van der Waals surface area (Å²) in [4.78, 5) is 18.8. The molecule has 0 bridgehead atoms.